The first kappa shape index (κ1) is 12.0. The number of nitrogens with zero attached hydrogens (tertiary/aromatic N) is 2. The fourth-order valence-electron chi connectivity index (χ4n) is 1.81. The molecule has 4 nitrogen and oxygen atoms in total. The Morgan fingerprint density at radius 3 is 3.06 bits per heavy atom. The van der Waals surface area contributed by atoms with Gasteiger partial charge in [-0.25, -0.2) is 0 Å². The lowest BCUT2D eigenvalue weighted by Crippen LogP contribution is -2.35. The van der Waals surface area contributed by atoms with Crippen LogP contribution in [0.3, 0.4) is 0 Å². The summed E-state index contributed by atoms with van der Waals surface area (Å²) in [5.41, 5.74) is 7.47. The van der Waals surface area contributed by atoms with Crippen LogP contribution >= 0.6 is 11.8 Å². The number of hydrogen-bond donors (Lipinski definition) is 1. The van der Waals surface area contributed by atoms with Gasteiger partial charge >= 0.3 is 0 Å². The maximum atomic E-state index is 11.7. The number of rotatable bonds is 3. The van der Waals surface area contributed by atoms with Crippen molar-refractivity contribution < 1.29 is 4.79 Å². The lowest BCUT2D eigenvalue weighted by molar-refractivity contribution is -0.116. The minimum absolute atomic E-state index is 0.00560. The standard InChI is InChI=1S/C12H13N3OS/c13-4-3-9-1-2-11-10(7-9)15(6-5-14)12(16)8-17-11/h1-2,7H,3-4,6,8,13H2. The zero-order valence-corrected chi connectivity index (χ0v) is 10.2. The molecule has 0 spiro atoms. The summed E-state index contributed by atoms with van der Waals surface area (Å²) in [5, 5.41) is 8.76. The number of nitriles is 1. The van der Waals surface area contributed by atoms with Crippen LogP contribution in [0, 0.1) is 11.3 Å². The third-order valence-electron chi connectivity index (χ3n) is 2.63. The quantitative estimate of drug-likeness (QED) is 0.813. The van der Waals surface area contributed by atoms with E-state index in [2.05, 4.69) is 0 Å². The second kappa shape index (κ2) is 5.21. The van der Waals surface area contributed by atoms with E-state index in [1.165, 1.54) is 11.8 Å². The van der Waals surface area contributed by atoms with Gasteiger partial charge in [-0.3, -0.25) is 9.69 Å². The first-order chi connectivity index (χ1) is 8.26. The van der Waals surface area contributed by atoms with Crippen molar-refractivity contribution in [1.82, 2.24) is 0 Å². The Kier molecular flexibility index (Phi) is 3.67. The highest BCUT2D eigenvalue weighted by atomic mass is 32.2. The van der Waals surface area contributed by atoms with Gasteiger partial charge < -0.3 is 5.73 Å². The highest BCUT2D eigenvalue weighted by Gasteiger charge is 2.24. The molecule has 0 unspecified atom stereocenters. The Morgan fingerprint density at radius 2 is 2.35 bits per heavy atom. The molecule has 1 aliphatic rings. The number of amides is 1. The molecule has 2 rings (SSSR count). The van der Waals surface area contributed by atoms with Crippen molar-refractivity contribution in [2.75, 3.05) is 23.7 Å². The summed E-state index contributed by atoms with van der Waals surface area (Å²) in [5.74, 6) is 0.402. The summed E-state index contributed by atoms with van der Waals surface area (Å²) in [6, 6.07) is 8.02. The average molecular weight is 247 g/mol. The van der Waals surface area contributed by atoms with E-state index < -0.39 is 0 Å². The second-order valence-electron chi connectivity index (χ2n) is 3.77. The fourth-order valence-corrected chi connectivity index (χ4v) is 2.73. The Labute approximate surface area is 104 Å². The number of benzene rings is 1. The van der Waals surface area contributed by atoms with Crippen LogP contribution in [0.4, 0.5) is 5.69 Å². The molecule has 0 saturated carbocycles. The van der Waals surface area contributed by atoms with Crippen molar-refractivity contribution in [2.24, 2.45) is 5.73 Å². The molecule has 0 radical (unpaired) electrons. The predicted octanol–water partition coefficient (Wildman–Crippen LogP) is 1.15. The van der Waals surface area contributed by atoms with Gasteiger partial charge in [-0.1, -0.05) is 6.07 Å². The van der Waals surface area contributed by atoms with Gasteiger partial charge in [0, 0.05) is 4.90 Å². The van der Waals surface area contributed by atoms with E-state index in [4.69, 9.17) is 11.0 Å². The summed E-state index contributed by atoms with van der Waals surface area (Å²) in [6.45, 7) is 0.691. The summed E-state index contributed by atoms with van der Waals surface area (Å²) in [4.78, 5) is 14.3. The topological polar surface area (TPSA) is 70.1 Å². The molecule has 5 heteroatoms. The van der Waals surface area contributed by atoms with Crippen molar-refractivity contribution in [3.8, 4) is 6.07 Å². The van der Waals surface area contributed by atoms with E-state index in [1.54, 1.807) is 4.90 Å². The third-order valence-corrected chi connectivity index (χ3v) is 3.68. The van der Waals surface area contributed by atoms with Gasteiger partial charge in [0.15, 0.2) is 0 Å². The number of anilines is 1. The van der Waals surface area contributed by atoms with E-state index >= 15 is 0 Å². The largest absolute Gasteiger partial charge is 0.330 e. The zero-order chi connectivity index (χ0) is 12.3. The fraction of sp³-hybridized carbons (Fsp3) is 0.333. The first-order valence-electron chi connectivity index (χ1n) is 5.39. The van der Waals surface area contributed by atoms with Crippen molar-refractivity contribution in [2.45, 2.75) is 11.3 Å². The van der Waals surface area contributed by atoms with Crippen molar-refractivity contribution in [3.63, 3.8) is 0 Å². The molecule has 0 saturated heterocycles. The Morgan fingerprint density at radius 1 is 1.53 bits per heavy atom. The molecule has 0 aromatic heterocycles. The van der Waals surface area contributed by atoms with Gasteiger partial charge in [0.1, 0.15) is 6.54 Å². The summed E-state index contributed by atoms with van der Waals surface area (Å²) in [6.07, 6.45) is 0.784. The number of carbonyl (C=O) groups excluding carboxylic acids is 1. The van der Waals surface area contributed by atoms with Crippen LogP contribution in [0.5, 0.6) is 0 Å². The van der Waals surface area contributed by atoms with Gasteiger partial charge in [-0.2, -0.15) is 5.26 Å². The number of fused-ring (bicyclic) bond motifs is 1. The zero-order valence-electron chi connectivity index (χ0n) is 9.35. The molecule has 0 aliphatic carbocycles. The highest BCUT2D eigenvalue weighted by Crippen LogP contribution is 2.35. The van der Waals surface area contributed by atoms with E-state index in [1.807, 2.05) is 24.3 Å². The van der Waals surface area contributed by atoms with Crippen molar-refractivity contribution >= 4 is 23.4 Å². The molecule has 1 aromatic rings. The van der Waals surface area contributed by atoms with E-state index in [9.17, 15) is 4.79 Å². The molecule has 1 amide bonds. The minimum atomic E-state index is -0.00560. The van der Waals surface area contributed by atoms with Gasteiger partial charge in [0.05, 0.1) is 17.5 Å². The highest BCUT2D eigenvalue weighted by molar-refractivity contribution is 8.00. The molecular formula is C12H13N3OS. The lowest BCUT2D eigenvalue weighted by Gasteiger charge is -2.27. The molecule has 88 valence electrons. The maximum Gasteiger partial charge on any atom is 0.238 e. The van der Waals surface area contributed by atoms with Crippen molar-refractivity contribution in [3.05, 3.63) is 23.8 Å². The van der Waals surface area contributed by atoms with Crippen LogP contribution in [0.2, 0.25) is 0 Å². The normalized spacial score (nSPS) is 14.4. The molecule has 2 N–H and O–H groups in total. The Bertz CT molecular complexity index is 481. The third kappa shape index (κ3) is 2.43. The number of nitrogens with two attached hydrogens (primary N) is 1. The molecular weight excluding hydrogens is 234 g/mol. The van der Waals surface area contributed by atoms with Gasteiger partial charge in [0.25, 0.3) is 0 Å². The monoisotopic (exact) mass is 247 g/mol. The summed E-state index contributed by atoms with van der Waals surface area (Å²) in [7, 11) is 0. The second-order valence-corrected chi connectivity index (χ2v) is 4.78. The minimum Gasteiger partial charge on any atom is -0.330 e. The smallest absolute Gasteiger partial charge is 0.238 e. The lowest BCUT2D eigenvalue weighted by atomic mass is 10.1. The molecule has 1 aromatic carbocycles. The van der Waals surface area contributed by atoms with Crippen LogP contribution in [-0.2, 0) is 11.2 Å². The summed E-state index contributed by atoms with van der Waals surface area (Å²) >= 11 is 1.52. The maximum absolute atomic E-state index is 11.7. The van der Waals surface area contributed by atoms with Gasteiger partial charge in [-0.15, -0.1) is 11.8 Å². The van der Waals surface area contributed by atoms with Crippen LogP contribution in [0.1, 0.15) is 5.56 Å². The van der Waals surface area contributed by atoms with Crippen molar-refractivity contribution in [1.29, 1.82) is 5.26 Å². The molecule has 1 heterocycles. The molecule has 0 atom stereocenters. The molecule has 1 aliphatic heterocycles. The van der Waals surface area contributed by atoms with E-state index in [0.717, 1.165) is 22.6 Å². The van der Waals surface area contributed by atoms with Gasteiger partial charge in [0.2, 0.25) is 5.91 Å². The van der Waals surface area contributed by atoms with E-state index in [0.29, 0.717) is 12.3 Å². The SMILES string of the molecule is N#CCN1C(=O)CSc2ccc(CCN)cc21. The first-order valence-corrected chi connectivity index (χ1v) is 6.38. The van der Waals surface area contributed by atoms with Crippen LogP contribution < -0.4 is 10.6 Å². The predicted molar refractivity (Wildman–Crippen MR) is 67.9 cm³/mol. The van der Waals surface area contributed by atoms with Crippen LogP contribution in [0.15, 0.2) is 23.1 Å². The molecule has 17 heavy (non-hydrogen) atoms. The molecule has 0 bridgehead atoms. The number of carbonyl (C=O) groups is 1. The van der Waals surface area contributed by atoms with E-state index in [-0.39, 0.29) is 12.5 Å². The molecule has 0 fully saturated rings. The van der Waals surface area contributed by atoms with Crippen LogP contribution in [0.25, 0.3) is 0 Å². The van der Waals surface area contributed by atoms with Gasteiger partial charge in [-0.05, 0) is 30.7 Å². The number of hydrogen-bond acceptors (Lipinski definition) is 4. The Balaban J connectivity index is 2.38. The Hall–Kier alpha value is -1.51. The number of thioether (sulfide) groups is 1. The average Bonchev–Trinajstić information content (AvgIpc) is 2.33. The summed E-state index contributed by atoms with van der Waals surface area (Å²) < 4.78 is 0. The van der Waals surface area contributed by atoms with Crippen LogP contribution in [-0.4, -0.2) is 24.7 Å².